The van der Waals surface area contributed by atoms with Gasteiger partial charge in [0.25, 0.3) is 0 Å². The molecule has 0 fully saturated rings. The van der Waals surface area contributed by atoms with Crippen LogP contribution in [0.3, 0.4) is 0 Å². The molecule has 1 aromatic heterocycles. The molecule has 1 heterocycles. The topological polar surface area (TPSA) is 68.9 Å². The van der Waals surface area contributed by atoms with Crippen LogP contribution in [0.25, 0.3) is 10.9 Å². The van der Waals surface area contributed by atoms with Crippen molar-refractivity contribution >= 4 is 39.8 Å². The van der Waals surface area contributed by atoms with Crippen molar-refractivity contribution in [3.05, 3.63) is 33.9 Å². The number of nitrogens with zero attached hydrogens (tertiary/aromatic N) is 2. The molecule has 0 saturated carbocycles. The van der Waals surface area contributed by atoms with Gasteiger partial charge in [-0.2, -0.15) is 5.26 Å². The van der Waals surface area contributed by atoms with E-state index in [0.717, 1.165) is 0 Å². The molecule has 1 aromatic carbocycles. The first-order chi connectivity index (χ1) is 7.67. The second-order valence-corrected chi connectivity index (χ2v) is 3.85. The van der Waals surface area contributed by atoms with E-state index in [-0.39, 0.29) is 10.6 Å². The van der Waals surface area contributed by atoms with Gasteiger partial charge < -0.3 is 0 Å². The zero-order valence-electron chi connectivity index (χ0n) is 7.83. The Labute approximate surface area is 101 Å². The van der Waals surface area contributed by atoms with Crippen molar-refractivity contribution in [3.63, 3.8) is 0 Å². The van der Waals surface area contributed by atoms with Crippen LogP contribution in [0.5, 0.6) is 0 Å². The lowest BCUT2D eigenvalue weighted by molar-refractivity contribution is 0.389. The number of rotatable bonds is 1. The van der Waals surface area contributed by atoms with Crippen molar-refractivity contribution in [3.8, 4) is 6.07 Å². The minimum atomic E-state index is 0.264. The van der Waals surface area contributed by atoms with Gasteiger partial charge in [0.1, 0.15) is 6.07 Å². The van der Waals surface area contributed by atoms with Crippen LogP contribution in [0, 0.1) is 11.3 Å². The first-order valence-electron chi connectivity index (χ1n) is 4.25. The number of fused-ring (bicyclic) bond motifs is 1. The van der Waals surface area contributed by atoms with Gasteiger partial charge in [-0.15, -0.1) is 0 Å². The van der Waals surface area contributed by atoms with Gasteiger partial charge in [-0.3, -0.25) is 15.7 Å². The van der Waals surface area contributed by atoms with Crippen LogP contribution in [0.2, 0.25) is 10.0 Å². The lowest BCUT2D eigenvalue weighted by atomic mass is 10.1. The molecule has 80 valence electrons. The first-order valence-corrected chi connectivity index (χ1v) is 5.01. The van der Waals surface area contributed by atoms with Gasteiger partial charge in [0.15, 0.2) is 0 Å². The van der Waals surface area contributed by atoms with Gasteiger partial charge in [-0.05, 0) is 12.1 Å². The molecule has 0 aliphatic heterocycles. The minimum Gasteiger partial charge on any atom is -0.291 e. The fraction of sp³-hybridized carbons (Fsp3) is 0. The van der Waals surface area contributed by atoms with Crippen molar-refractivity contribution in [1.82, 2.24) is 4.98 Å². The Balaban J connectivity index is 2.87. The van der Waals surface area contributed by atoms with Gasteiger partial charge in [0.2, 0.25) is 0 Å². The maximum atomic E-state index is 8.80. The summed E-state index contributed by atoms with van der Waals surface area (Å²) in [6.45, 7) is 0. The highest BCUT2D eigenvalue weighted by Crippen LogP contribution is 2.32. The predicted molar refractivity (Wildman–Crippen MR) is 61.9 cm³/mol. The predicted octanol–water partition coefficient (Wildman–Crippen LogP) is 3.21. The van der Waals surface area contributed by atoms with Gasteiger partial charge in [-0.25, -0.2) is 0 Å². The summed E-state index contributed by atoms with van der Waals surface area (Å²) in [7, 11) is 0. The number of aromatic nitrogens is 1. The van der Waals surface area contributed by atoms with E-state index in [4.69, 9.17) is 33.7 Å². The van der Waals surface area contributed by atoms with E-state index in [1.54, 1.807) is 6.07 Å². The highest BCUT2D eigenvalue weighted by atomic mass is 35.5. The number of pyridine rings is 1. The van der Waals surface area contributed by atoms with Crippen LogP contribution in [0.15, 0.2) is 18.3 Å². The Morgan fingerprint density at radius 2 is 2.12 bits per heavy atom. The highest BCUT2D eigenvalue weighted by molar-refractivity contribution is 6.40. The number of anilines is 1. The van der Waals surface area contributed by atoms with Crippen molar-refractivity contribution in [2.24, 2.45) is 0 Å². The summed E-state index contributed by atoms with van der Waals surface area (Å²) >= 11 is 12.0. The molecule has 0 amide bonds. The zero-order valence-corrected chi connectivity index (χ0v) is 9.34. The van der Waals surface area contributed by atoms with Crippen LogP contribution in [-0.2, 0) is 0 Å². The summed E-state index contributed by atoms with van der Waals surface area (Å²) in [6.07, 6.45) is 1.36. The molecule has 2 N–H and O–H groups in total. The summed E-state index contributed by atoms with van der Waals surface area (Å²) in [4.78, 5) is 4.04. The van der Waals surface area contributed by atoms with Crippen molar-refractivity contribution in [2.45, 2.75) is 0 Å². The van der Waals surface area contributed by atoms with E-state index in [0.29, 0.717) is 21.6 Å². The average Bonchev–Trinajstić information content (AvgIpc) is 2.30. The smallest absolute Gasteiger partial charge is 0.102 e. The second-order valence-electron chi connectivity index (χ2n) is 3.06. The molecule has 0 radical (unpaired) electrons. The third kappa shape index (κ3) is 1.65. The molecule has 2 rings (SSSR count). The summed E-state index contributed by atoms with van der Waals surface area (Å²) < 4.78 is 0. The lowest BCUT2D eigenvalue weighted by Crippen LogP contribution is -1.92. The number of nitrogens with one attached hydrogen (secondary N) is 1. The van der Waals surface area contributed by atoms with E-state index in [9.17, 15) is 0 Å². The number of hydrogen-bond donors (Lipinski definition) is 2. The molecular formula is C10H5Cl2N3O. The van der Waals surface area contributed by atoms with E-state index < -0.39 is 0 Å². The minimum absolute atomic E-state index is 0.264. The SMILES string of the molecule is N#Cc1cnc2c(Cl)cc(NO)cc2c1Cl. The van der Waals surface area contributed by atoms with Gasteiger partial charge >= 0.3 is 0 Å². The summed E-state index contributed by atoms with van der Waals surface area (Å²) in [6, 6.07) is 5.00. The fourth-order valence-corrected chi connectivity index (χ4v) is 1.87. The molecule has 4 nitrogen and oxygen atoms in total. The Bertz CT molecular complexity index is 607. The van der Waals surface area contributed by atoms with E-state index in [1.807, 2.05) is 11.5 Å². The molecule has 2 aromatic rings. The molecule has 0 atom stereocenters. The monoisotopic (exact) mass is 253 g/mol. The van der Waals surface area contributed by atoms with Crippen LogP contribution in [0.1, 0.15) is 5.56 Å². The van der Waals surface area contributed by atoms with E-state index in [1.165, 1.54) is 12.3 Å². The molecule has 0 unspecified atom stereocenters. The van der Waals surface area contributed by atoms with Crippen molar-refractivity contribution in [1.29, 1.82) is 5.26 Å². The number of hydrogen-bond acceptors (Lipinski definition) is 4. The Hall–Kier alpha value is -1.54. The van der Waals surface area contributed by atoms with E-state index in [2.05, 4.69) is 4.98 Å². The van der Waals surface area contributed by atoms with Crippen LogP contribution in [0.4, 0.5) is 5.69 Å². The third-order valence-corrected chi connectivity index (χ3v) is 2.80. The number of benzene rings is 1. The normalized spacial score (nSPS) is 10.1. The number of nitriles is 1. The van der Waals surface area contributed by atoms with Gasteiger partial charge in [0.05, 0.1) is 26.8 Å². The fourth-order valence-electron chi connectivity index (χ4n) is 1.37. The Morgan fingerprint density at radius 1 is 1.38 bits per heavy atom. The first kappa shape index (κ1) is 11.0. The average molecular weight is 254 g/mol. The largest absolute Gasteiger partial charge is 0.291 e. The molecule has 0 spiro atoms. The zero-order chi connectivity index (χ0) is 11.7. The quantitative estimate of drug-likeness (QED) is 0.766. The van der Waals surface area contributed by atoms with Crippen LogP contribution in [-0.4, -0.2) is 10.2 Å². The van der Waals surface area contributed by atoms with Crippen molar-refractivity contribution in [2.75, 3.05) is 5.48 Å². The van der Waals surface area contributed by atoms with Crippen molar-refractivity contribution < 1.29 is 5.21 Å². The lowest BCUT2D eigenvalue weighted by Gasteiger charge is -2.06. The maximum Gasteiger partial charge on any atom is 0.102 e. The molecule has 0 aliphatic rings. The second kappa shape index (κ2) is 4.14. The maximum absolute atomic E-state index is 8.80. The van der Waals surface area contributed by atoms with Gasteiger partial charge in [-0.1, -0.05) is 23.2 Å². The van der Waals surface area contributed by atoms with Crippen LogP contribution < -0.4 is 5.48 Å². The van der Waals surface area contributed by atoms with Gasteiger partial charge in [0, 0.05) is 11.6 Å². The Morgan fingerprint density at radius 3 is 2.75 bits per heavy atom. The highest BCUT2D eigenvalue weighted by Gasteiger charge is 2.10. The summed E-state index contributed by atoms with van der Waals surface area (Å²) in [5.74, 6) is 0. The molecule has 16 heavy (non-hydrogen) atoms. The standard InChI is InChI=1S/C10H5Cl2N3O/c11-8-2-6(15-16)1-7-9(12)5(3-13)4-14-10(7)8/h1-2,4,15-16H. The summed E-state index contributed by atoms with van der Waals surface area (Å²) in [5.41, 5.74) is 3.11. The molecule has 6 heteroatoms. The molecular weight excluding hydrogens is 249 g/mol. The number of halogens is 2. The van der Waals surface area contributed by atoms with Crippen LogP contribution >= 0.6 is 23.2 Å². The molecule has 0 aliphatic carbocycles. The molecule has 0 saturated heterocycles. The molecule has 0 bridgehead atoms. The summed E-state index contributed by atoms with van der Waals surface area (Å²) in [5, 5.41) is 18.7. The third-order valence-electron chi connectivity index (χ3n) is 2.11. The Kier molecular flexibility index (Phi) is 2.84. The van der Waals surface area contributed by atoms with E-state index >= 15 is 0 Å².